The maximum Gasteiger partial charge on any atom is 0.302 e. The summed E-state index contributed by atoms with van der Waals surface area (Å²) >= 11 is 0. The standard InChI is InChI=1S/C10H10O5/c1-6(12)15-5-8-3-9(13)2-7(4-11)10(8)14/h2-4,13-14H,5H2,1H3. The summed E-state index contributed by atoms with van der Waals surface area (Å²) in [6.07, 6.45) is 0.409. The Hall–Kier alpha value is -2.04. The van der Waals surface area contributed by atoms with E-state index in [-0.39, 0.29) is 29.2 Å². The fourth-order valence-corrected chi connectivity index (χ4v) is 1.08. The average Bonchev–Trinajstić information content (AvgIpc) is 2.18. The summed E-state index contributed by atoms with van der Waals surface area (Å²) in [5.41, 5.74) is 0.143. The predicted octanol–water partition coefficient (Wildman–Crippen LogP) is 0.973. The first kappa shape index (κ1) is 11.0. The molecule has 0 bridgehead atoms. The van der Waals surface area contributed by atoms with Crippen LogP contribution in [0.3, 0.4) is 0 Å². The van der Waals surface area contributed by atoms with Crippen molar-refractivity contribution >= 4 is 12.3 Å². The summed E-state index contributed by atoms with van der Waals surface area (Å²) in [6.45, 7) is 1.04. The van der Waals surface area contributed by atoms with E-state index in [1.54, 1.807) is 0 Å². The van der Waals surface area contributed by atoms with Crippen LogP contribution in [0.4, 0.5) is 0 Å². The fourth-order valence-electron chi connectivity index (χ4n) is 1.08. The van der Waals surface area contributed by atoms with Gasteiger partial charge >= 0.3 is 5.97 Å². The van der Waals surface area contributed by atoms with E-state index in [4.69, 9.17) is 0 Å². The Morgan fingerprint density at radius 1 is 1.47 bits per heavy atom. The predicted molar refractivity (Wildman–Crippen MR) is 50.6 cm³/mol. The van der Waals surface area contributed by atoms with Crippen LogP contribution in [-0.2, 0) is 16.1 Å². The molecular formula is C10H10O5. The minimum atomic E-state index is -0.509. The molecule has 0 unspecified atom stereocenters. The molecule has 0 aliphatic rings. The molecule has 0 spiro atoms. The van der Waals surface area contributed by atoms with Crippen LogP contribution in [0.25, 0.3) is 0 Å². The van der Waals surface area contributed by atoms with Crippen molar-refractivity contribution in [2.24, 2.45) is 0 Å². The Labute approximate surface area is 85.9 Å². The number of hydrogen-bond acceptors (Lipinski definition) is 5. The minimum absolute atomic E-state index is 0.0443. The van der Waals surface area contributed by atoms with Crippen molar-refractivity contribution in [2.75, 3.05) is 0 Å². The zero-order chi connectivity index (χ0) is 11.4. The third kappa shape index (κ3) is 2.70. The summed E-state index contributed by atoms with van der Waals surface area (Å²) in [4.78, 5) is 21.0. The summed E-state index contributed by atoms with van der Waals surface area (Å²) in [6, 6.07) is 2.35. The Kier molecular flexibility index (Phi) is 3.28. The molecule has 1 aromatic carbocycles. The van der Waals surface area contributed by atoms with Crippen molar-refractivity contribution < 1.29 is 24.5 Å². The van der Waals surface area contributed by atoms with E-state index in [1.165, 1.54) is 13.0 Å². The van der Waals surface area contributed by atoms with Gasteiger partial charge in [-0.15, -0.1) is 0 Å². The number of benzene rings is 1. The highest BCUT2D eigenvalue weighted by molar-refractivity contribution is 5.81. The highest BCUT2D eigenvalue weighted by Crippen LogP contribution is 2.27. The summed E-state index contributed by atoms with van der Waals surface area (Å²) in [5.74, 6) is -0.966. The first-order valence-corrected chi connectivity index (χ1v) is 4.18. The van der Waals surface area contributed by atoms with Crippen LogP contribution in [-0.4, -0.2) is 22.5 Å². The van der Waals surface area contributed by atoms with Gasteiger partial charge in [0.2, 0.25) is 0 Å². The van der Waals surface area contributed by atoms with Crippen LogP contribution >= 0.6 is 0 Å². The van der Waals surface area contributed by atoms with Crippen molar-refractivity contribution in [2.45, 2.75) is 13.5 Å². The third-order valence-corrected chi connectivity index (χ3v) is 1.76. The van der Waals surface area contributed by atoms with Crippen LogP contribution in [0.1, 0.15) is 22.8 Å². The molecule has 0 fully saturated rings. The first-order valence-electron chi connectivity index (χ1n) is 4.18. The van der Waals surface area contributed by atoms with Gasteiger partial charge in [0.05, 0.1) is 5.56 Å². The number of aromatic hydroxyl groups is 2. The molecule has 15 heavy (non-hydrogen) atoms. The van der Waals surface area contributed by atoms with Crippen molar-refractivity contribution in [3.63, 3.8) is 0 Å². The molecule has 2 N–H and O–H groups in total. The maximum atomic E-state index is 10.5. The molecule has 0 atom stereocenters. The second-order valence-corrected chi connectivity index (χ2v) is 2.94. The molecule has 5 heteroatoms. The lowest BCUT2D eigenvalue weighted by Gasteiger charge is -2.07. The monoisotopic (exact) mass is 210 g/mol. The highest BCUT2D eigenvalue weighted by atomic mass is 16.5. The Balaban J connectivity index is 3.01. The van der Waals surface area contributed by atoms with E-state index >= 15 is 0 Å². The number of carbonyl (C=O) groups is 2. The molecule has 0 aromatic heterocycles. The van der Waals surface area contributed by atoms with E-state index in [2.05, 4.69) is 4.74 Å². The van der Waals surface area contributed by atoms with Gasteiger partial charge in [-0.25, -0.2) is 0 Å². The van der Waals surface area contributed by atoms with E-state index < -0.39 is 5.97 Å². The van der Waals surface area contributed by atoms with Crippen LogP contribution in [0.5, 0.6) is 11.5 Å². The Morgan fingerprint density at radius 3 is 2.67 bits per heavy atom. The summed E-state index contributed by atoms with van der Waals surface area (Å²) in [5, 5.41) is 18.7. The quantitative estimate of drug-likeness (QED) is 0.441. The number of carbonyl (C=O) groups excluding carboxylic acids is 2. The molecule has 0 aliphatic heterocycles. The lowest BCUT2D eigenvalue weighted by molar-refractivity contribution is -0.142. The van der Waals surface area contributed by atoms with E-state index in [9.17, 15) is 19.8 Å². The number of hydrogen-bond donors (Lipinski definition) is 2. The Morgan fingerprint density at radius 2 is 2.13 bits per heavy atom. The molecule has 5 nitrogen and oxygen atoms in total. The first-order chi connectivity index (χ1) is 7.04. The molecule has 0 saturated heterocycles. The lowest BCUT2D eigenvalue weighted by atomic mass is 10.1. The molecule has 1 aromatic rings. The van der Waals surface area contributed by atoms with E-state index in [0.717, 1.165) is 6.07 Å². The molecule has 80 valence electrons. The largest absolute Gasteiger partial charge is 0.508 e. The van der Waals surface area contributed by atoms with E-state index in [0.29, 0.717) is 6.29 Å². The third-order valence-electron chi connectivity index (χ3n) is 1.76. The number of phenols is 2. The number of ether oxygens (including phenoxy) is 1. The molecule has 0 amide bonds. The smallest absolute Gasteiger partial charge is 0.302 e. The van der Waals surface area contributed by atoms with Crippen LogP contribution in [0, 0.1) is 0 Å². The second kappa shape index (κ2) is 4.45. The van der Waals surface area contributed by atoms with Crippen LogP contribution in [0.15, 0.2) is 12.1 Å². The average molecular weight is 210 g/mol. The lowest BCUT2D eigenvalue weighted by Crippen LogP contribution is -2.00. The number of rotatable bonds is 3. The molecular weight excluding hydrogens is 200 g/mol. The number of aldehydes is 1. The SMILES string of the molecule is CC(=O)OCc1cc(O)cc(C=O)c1O. The molecule has 0 saturated carbocycles. The second-order valence-electron chi connectivity index (χ2n) is 2.94. The highest BCUT2D eigenvalue weighted by Gasteiger charge is 2.10. The fraction of sp³-hybridized carbons (Fsp3) is 0.200. The van der Waals surface area contributed by atoms with Crippen molar-refractivity contribution in [1.82, 2.24) is 0 Å². The van der Waals surface area contributed by atoms with Gasteiger partial charge < -0.3 is 14.9 Å². The van der Waals surface area contributed by atoms with Gasteiger partial charge in [-0.1, -0.05) is 0 Å². The van der Waals surface area contributed by atoms with Gasteiger partial charge in [-0.3, -0.25) is 9.59 Å². The molecule has 1 rings (SSSR count). The molecule has 0 aliphatic carbocycles. The van der Waals surface area contributed by atoms with Gasteiger partial charge in [0, 0.05) is 12.5 Å². The normalized spacial score (nSPS) is 9.67. The topological polar surface area (TPSA) is 83.8 Å². The zero-order valence-corrected chi connectivity index (χ0v) is 8.06. The van der Waals surface area contributed by atoms with Crippen molar-refractivity contribution in [1.29, 1.82) is 0 Å². The van der Waals surface area contributed by atoms with Gasteiger partial charge in [0.1, 0.15) is 18.1 Å². The zero-order valence-electron chi connectivity index (χ0n) is 8.06. The van der Waals surface area contributed by atoms with Gasteiger partial charge in [-0.05, 0) is 12.1 Å². The summed E-state index contributed by atoms with van der Waals surface area (Å²) in [7, 11) is 0. The maximum absolute atomic E-state index is 10.5. The molecule has 0 heterocycles. The van der Waals surface area contributed by atoms with Crippen LogP contribution in [0.2, 0.25) is 0 Å². The minimum Gasteiger partial charge on any atom is -0.508 e. The summed E-state index contributed by atoms with van der Waals surface area (Å²) < 4.78 is 4.64. The number of esters is 1. The van der Waals surface area contributed by atoms with Gasteiger partial charge in [0.15, 0.2) is 6.29 Å². The Bertz CT molecular complexity index is 397. The molecule has 0 radical (unpaired) electrons. The van der Waals surface area contributed by atoms with Crippen molar-refractivity contribution in [3.05, 3.63) is 23.3 Å². The number of phenolic OH excluding ortho intramolecular Hbond substituents is 2. The van der Waals surface area contributed by atoms with Crippen molar-refractivity contribution in [3.8, 4) is 11.5 Å². The van der Waals surface area contributed by atoms with Gasteiger partial charge in [0.25, 0.3) is 0 Å². The van der Waals surface area contributed by atoms with Gasteiger partial charge in [-0.2, -0.15) is 0 Å². The van der Waals surface area contributed by atoms with E-state index in [1.807, 2.05) is 0 Å². The van der Waals surface area contributed by atoms with Crippen LogP contribution < -0.4 is 0 Å².